The molecule has 1 unspecified atom stereocenters. The maximum atomic E-state index is 13.4. The Balaban J connectivity index is 3.10. The van der Waals surface area contributed by atoms with Gasteiger partial charge >= 0.3 is 0 Å². The van der Waals surface area contributed by atoms with Gasteiger partial charge in [0.2, 0.25) is 15.9 Å². The Morgan fingerprint density at radius 3 is 2.59 bits per heavy atom. The summed E-state index contributed by atoms with van der Waals surface area (Å²) >= 11 is 5.49. The van der Waals surface area contributed by atoms with Crippen LogP contribution in [-0.4, -0.2) is 20.4 Å². The molecule has 0 saturated heterocycles. The molecule has 0 aliphatic carbocycles. The van der Waals surface area contributed by atoms with Crippen LogP contribution in [0.15, 0.2) is 23.1 Å². The molecule has 1 atom stereocenters. The zero-order valence-electron chi connectivity index (χ0n) is 8.78. The normalized spacial score (nSPS) is 13.4. The fourth-order valence-corrected chi connectivity index (χ4v) is 2.48. The van der Waals surface area contributed by atoms with E-state index in [1.54, 1.807) is 0 Å². The van der Waals surface area contributed by atoms with E-state index in [1.807, 2.05) is 4.72 Å². The third kappa shape index (κ3) is 3.39. The molecule has 0 fully saturated rings. The molecule has 1 rings (SSSR count). The molecule has 5 nitrogen and oxygen atoms in total. The van der Waals surface area contributed by atoms with Crippen LogP contribution in [0.5, 0.6) is 0 Å². The van der Waals surface area contributed by atoms with Crippen molar-refractivity contribution in [1.29, 1.82) is 0 Å². The first-order valence-corrected chi connectivity index (χ1v) is 6.37. The van der Waals surface area contributed by atoms with Crippen LogP contribution >= 0.6 is 11.6 Å². The molecule has 0 heterocycles. The maximum Gasteiger partial charge on any atom is 0.244 e. The molecule has 1 amide bonds. The minimum absolute atomic E-state index is 0.0735. The largest absolute Gasteiger partial charge is 0.368 e. The van der Waals surface area contributed by atoms with Gasteiger partial charge in [0.1, 0.15) is 10.7 Å². The molecule has 0 radical (unpaired) electrons. The molecule has 0 saturated carbocycles. The fraction of sp³-hybridized carbons (Fsp3) is 0.222. The van der Waals surface area contributed by atoms with E-state index in [2.05, 4.69) is 0 Å². The maximum absolute atomic E-state index is 13.4. The predicted molar refractivity (Wildman–Crippen MR) is 60.4 cm³/mol. The van der Waals surface area contributed by atoms with Crippen molar-refractivity contribution in [2.24, 2.45) is 5.73 Å². The van der Waals surface area contributed by atoms with E-state index < -0.39 is 32.7 Å². The van der Waals surface area contributed by atoms with Gasteiger partial charge in [0.05, 0.1) is 6.04 Å². The van der Waals surface area contributed by atoms with Crippen LogP contribution in [0.3, 0.4) is 0 Å². The van der Waals surface area contributed by atoms with E-state index in [0.717, 1.165) is 12.1 Å². The summed E-state index contributed by atoms with van der Waals surface area (Å²) in [5.41, 5.74) is 4.90. The summed E-state index contributed by atoms with van der Waals surface area (Å²) < 4.78 is 38.7. The number of primary amides is 1. The summed E-state index contributed by atoms with van der Waals surface area (Å²) in [6.45, 7) is 1.26. The van der Waals surface area contributed by atoms with E-state index in [-0.39, 0.29) is 5.02 Å². The second-order valence-electron chi connectivity index (χ2n) is 3.32. The summed E-state index contributed by atoms with van der Waals surface area (Å²) in [7, 11) is -4.14. The zero-order valence-corrected chi connectivity index (χ0v) is 10.3. The number of rotatable bonds is 4. The molecule has 17 heavy (non-hydrogen) atoms. The molecule has 94 valence electrons. The monoisotopic (exact) mass is 280 g/mol. The molecule has 0 bridgehead atoms. The average molecular weight is 281 g/mol. The van der Waals surface area contributed by atoms with Crippen molar-refractivity contribution in [2.75, 3.05) is 0 Å². The highest BCUT2D eigenvalue weighted by Gasteiger charge is 2.23. The summed E-state index contributed by atoms with van der Waals surface area (Å²) in [6, 6.07) is 1.97. The topological polar surface area (TPSA) is 89.3 Å². The van der Waals surface area contributed by atoms with Crippen molar-refractivity contribution in [3.8, 4) is 0 Å². The fourth-order valence-electron chi connectivity index (χ4n) is 1.05. The van der Waals surface area contributed by atoms with Gasteiger partial charge in [-0.2, -0.15) is 4.72 Å². The van der Waals surface area contributed by atoms with Crippen molar-refractivity contribution in [1.82, 2.24) is 4.72 Å². The van der Waals surface area contributed by atoms with Gasteiger partial charge in [-0.15, -0.1) is 0 Å². The first-order valence-electron chi connectivity index (χ1n) is 4.51. The van der Waals surface area contributed by atoms with E-state index in [9.17, 15) is 17.6 Å². The number of amides is 1. The van der Waals surface area contributed by atoms with Crippen LogP contribution in [0.4, 0.5) is 4.39 Å². The van der Waals surface area contributed by atoms with Crippen molar-refractivity contribution < 1.29 is 17.6 Å². The number of nitrogens with one attached hydrogen (secondary N) is 1. The lowest BCUT2D eigenvalue weighted by molar-refractivity contribution is -0.119. The lowest BCUT2D eigenvalue weighted by Gasteiger charge is -2.11. The van der Waals surface area contributed by atoms with Crippen LogP contribution in [-0.2, 0) is 14.8 Å². The lowest BCUT2D eigenvalue weighted by Crippen LogP contribution is -2.42. The van der Waals surface area contributed by atoms with Gasteiger partial charge in [-0.1, -0.05) is 11.6 Å². The number of hydrogen-bond donors (Lipinski definition) is 2. The van der Waals surface area contributed by atoms with Crippen LogP contribution in [0.25, 0.3) is 0 Å². The van der Waals surface area contributed by atoms with Crippen LogP contribution in [0, 0.1) is 5.82 Å². The Hall–Kier alpha value is -1.18. The van der Waals surface area contributed by atoms with Gasteiger partial charge in [-0.25, -0.2) is 12.8 Å². The Morgan fingerprint density at radius 2 is 2.12 bits per heavy atom. The van der Waals surface area contributed by atoms with E-state index in [0.29, 0.717) is 0 Å². The smallest absolute Gasteiger partial charge is 0.244 e. The molecular weight excluding hydrogens is 271 g/mol. The molecular formula is C9H10ClFN2O3S. The molecule has 3 N–H and O–H groups in total. The number of carbonyl (C=O) groups is 1. The minimum atomic E-state index is -4.14. The van der Waals surface area contributed by atoms with Crippen molar-refractivity contribution >= 4 is 27.5 Å². The summed E-state index contributed by atoms with van der Waals surface area (Å²) in [5, 5.41) is 0.0735. The van der Waals surface area contributed by atoms with E-state index in [1.165, 1.54) is 13.0 Å². The number of nitrogens with two attached hydrogens (primary N) is 1. The summed E-state index contributed by atoms with van der Waals surface area (Å²) in [4.78, 5) is 10.1. The van der Waals surface area contributed by atoms with Crippen molar-refractivity contribution in [3.63, 3.8) is 0 Å². The second-order valence-corrected chi connectivity index (χ2v) is 5.44. The summed E-state index contributed by atoms with van der Waals surface area (Å²) in [5.74, 6) is -1.86. The van der Waals surface area contributed by atoms with Crippen molar-refractivity contribution in [3.05, 3.63) is 29.0 Å². The Labute approximate surface area is 103 Å². The molecule has 0 aliphatic rings. The quantitative estimate of drug-likeness (QED) is 0.848. The molecule has 1 aromatic rings. The Bertz CT molecular complexity index is 547. The molecule has 0 aliphatic heterocycles. The van der Waals surface area contributed by atoms with E-state index >= 15 is 0 Å². The van der Waals surface area contributed by atoms with Crippen molar-refractivity contribution in [2.45, 2.75) is 17.9 Å². The molecule has 0 aromatic heterocycles. The zero-order chi connectivity index (χ0) is 13.2. The van der Waals surface area contributed by atoms with Gasteiger partial charge in [-0.3, -0.25) is 4.79 Å². The van der Waals surface area contributed by atoms with Gasteiger partial charge in [-0.05, 0) is 25.1 Å². The molecule has 0 spiro atoms. The lowest BCUT2D eigenvalue weighted by atomic mass is 10.3. The third-order valence-electron chi connectivity index (χ3n) is 1.94. The number of benzene rings is 1. The van der Waals surface area contributed by atoms with Crippen LogP contribution < -0.4 is 10.5 Å². The first-order chi connectivity index (χ1) is 7.74. The van der Waals surface area contributed by atoms with Crippen LogP contribution in [0.1, 0.15) is 6.92 Å². The van der Waals surface area contributed by atoms with Gasteiger partial charge in [0, 0.05) is 5.02 Å². The number of carbonyl (C=O) groups excluding carboxylic acids is 1. The second kappa shape index (κ2) is 4.99. The minimum Gasteiger partial charge on any atom is -0.368 e. The molecule has 1 aromatic carbocycles. The van der Waals surface area contributed by atoms with Crippen LogP contribution in [0.2, 0.25) is 5.02 Å². The number of halogens is 2. The standard InChI is InChI=1S/C9H10ClFN2O3S/c1-5(9(12)14)13-17(15,16)8-3-2-6(10)4-7(8)11/h2-5,13H,1H3,(H2,12,14). The average Bonchev–Trinajstić information content (AvgIpc) is 2.15. The first kappa shape index (κ1) is 13.9. The third-order valence-corrected chi connectivity index (χ3v) is 3.75. The number of sulfonamides is 1. The Kier molecular flexibility index (Phi) is 4.07. The number of hydrogen-bond acceptors (Lipinski definition) is 3. The highest BCUT2D eigenvalue weighted by Crippen LogP contribution is 2.18. The Morgan fingerprint density at radius 1 is 1.53 bits per heavy atom. The van der Waals surface area contributed by atoms with Gasteiger partial charge in [0.15, 0.2) is 0 Å². The SMILES string of the molecule is CC(NS(=O)(=O)c1ccc(Cl)cc1F)C(N)=O. The predicted octanol–water partition coefficient (Wildman–Crippen LogP) is 0.631. The molecule has 8 heteroatoms. The summed E-state index contributed by atoms with van der Waals surface area (Å²) in [6.07, 6.45) is 0. The van der Waals surface area contributed by atoms with Gasteiger partial charge < -0.3 is 5.73 Å². The highest BCUT2D eigenvalue weighted by molar-refractivity contribution is 7.89. The van der Waals surface area contributed by atoms with Gasteiger partial charge in [0.25, 0.3) is 0 Å². The highest BCUT2D eigenvalue weighted by atomic mass is 35.5. The van der Waals surface area contributed by atoms with E-state index in [4.69, 9.17) is 17.3 Å².